The number of aryl methyl sites for hydroxylation is 2. The van der Waals surface area contributed by atoms with Crippen LogP contribution in [-0.2, 0) is 6.42 Å². The first-order chi connectivity index (χ1) is 9.31. The van der Waals surface area contributed by atoms with Gasteiger partial charge in [-0.2, -0.15) is 0 Å². The molecule has 0 aromatic heterocycles. The maximum Gasteiger partial charge on any atom is 0.122 e. The maximum atomic E-state index is 5.77. The van der Waals surface area contributed by atoms with E-state index in [4.69, 9.17) is 4.74 Å². The third-order valence-electron chi connectivity index (χ3n) is 3.17. The van der Waals surface area contributed by atoms with E-state index in [1.165, 1.54) is 16.8 Å². The number of hydrogen-bond acceptors (Lipinski definition) is 2. The molecule has 0 amide bonds. The summed E-state index contributed by atoms with van der Waals surface area (Å²) in [6.45, 7) is 5.72. The molecule has 0 fully saturated rings. The molecule has 100 valence electrons. The topological polar surface area (TPSA) is 21.3 Å². The fourth-order valence-electron chi connectivity index (χ4n) is 2.07. The molecule has 0 spiro atoms. The number of hydrogen-bond donors (Lipinski definition) is 1. The van der Waals surface area contributed by atoms with Gasteiger partial charge in [0.2, 0.25) is 0 Å². The highest BCUT2D eigenvalue weighted by atomic mass is 16.5. The SMILES string of the molecule is CCc1ccccc1NCCOc1ccccc1C. The highest BCUT2D eigenvalue weighted by Gasteiger charge is 2.00. The first-order valence-electron chi connectivity index (χ1n) is 6.81. The van der Waals surface area contributed by atoms with Gasteiger partial charge in [-0.25, -0.2) is 0 Å². The quantitative estimate of drug-likeness (QED) is 0.786. The van der Waals surface area contributed by atoms with Gasteiger partial charge in [-0.15, -0.1) is 0 Å². The van der Waals surface area contributed by atoms with E-state index in [2.05, 4.69) is 49.5 Å². The first kappa shape index (κ1) is 13.5. The summed E-state index contributed by atoms with van der Waals surface area (Å²) in [6.07, 6.45) is 1.04. The minimum absolute atomic E-state index is 0.670. The molecule has 19 heavy (non-hydrogen) atoms. The van der Waals surface area contributed by atoms with Crippen LogP contribution in [0.2, 0.25) is 0 Å². The van der Waals surface area contributed by atoms with Gasteiger partial charge in [0, 0.05) is 12.2 Å². The second-order valence-corrected chi connectivity index (χ2v) is 4.55. The molecular weight excluding hydrogens is 234 g/mol. The van der Waals surface area contributed by atoms with Crippen molar-refractivity contribution < 1.29 is 4.74 Å². The molecule has 0 aliphatic carbocycles. The number of nitrogens with one attached hydrogen (secondary N) is 1. The Morgan fingerprint density at radius 2 is 1.74 bits per heavy atom. The normalized spacial score (nSPS) is 10.2. The number of ether oxygens (including phenoxy) is 1. The molecule has 0 saturated carbocycles. The average molecular weight is 255 g/mol. The van der Waals surface area contributed by atoms with Crippen molar-refractivity contribution in [3.8, 4) is 5.75 Å². The average Bonchev–Trinajstić information content (AvgIpc) is 2.45. The predicted molar refractivity (Wildman–Crippen MR) is 81.0 cm³/mol. The lowest BCUT2D eigenvalue weighted by Gasteiger charge is -2.12. The van der Waals surface area contributed by atoms with Crippen LogP contribution in [0.1, 0.15) is 18.1 Å². The van der Waals surface area contributed by atoms with Crippen LogP contribution in [0.25, 0.3) is 0 Å². The summed E-state index contributed by atoms with van der Waals surface area (Å²) in [5, 5.41) is 3.43. The van der Waals surface area contributed by atoms with Crippen LogP contribution in [0.5, 0.6) is 5.75 Å². The minimum Gasteiger partial charge on any atom is -0.491 e. The molecule has 2 aromatic rings. The molecule has 0 aliphatic heterocycles. The Bertz CT molecular complexity index is 522. The van der Waals surface area contributed by atoms with Crippen LogP contribution in [0.15, 0.2) is 48.5 Å². The molecule has 0 radical (unpaired) electrons. The molecule has 2 aromatic carbocycles. The van der Waals surface area contributed by atoms with Gasteiger partial charge < -0.3 is 10.1 Å². The van der Waals surface area contributed by atoms with E-state index in [9.17, 15) is 0 Å². The zero-order chi connectivity index (χ0) is 13.5. The summed E-state index contributed by atoms with van der Waals surface area (Å²) in [7, 11) is 0. The van der Waals surface area contributed by atoms with E-state index < -0.39 is 0 Å². The van der Waals surface area contributed by atoms with Gasteiger partial charge in [0.1, 0.15) is 12.4 Å². The zero-order valence-corrected chi connectivity index (χ0v) is 11.6. The van der Waals surface area contributed by atoms with Crippen LogP contribution in [0.4, 0.5) is 5.69 Å². The Morgan fingerprint density at radius 3 is 2.53 bits per heavy atom. The summed E-state index contributed by atoms with van der Waals surface area (Å²) in [6, 6.07) is 16.5. The number of rotatable bonds is 6. The molecule has 0 aliphatic rings. The molecule has 1 N–H and O–H groups in total. The van der Waals surface area contributed by atoms with Crippen molar-refractivity contribution in [1.29, 1.82) is 0 Å². The van der Waals surface area contributed by atoms with Crippen LogP contribution in [0, 0.1) is 6.92 Å². The molecule has 0 saturated heterocycles. The smallest absolute Gasteiger partial charge is 0.122 e. The monoisotopic (exact) mass is 255 g/mol. The Kier molecular flexibility index (Phi) is 4.85. The van der Waals surface area contributed by atoms with E-state index in [0.29, 0.717) is 6.61 Å². The number of anilines is 1. The lowest BCUT2D eigenvalue weighted by molar-refractivity contribution is 0.330. The molecular formula is C17H21NO. The highest BCUT2D eigenvalue weighted by Crippen LogP contribution is 2.17. The van der Waals surface area contributed by atoms with Gasteiger partial charge in [0.05, 0.1) is 0 Å². The third kappa shape index (κ3) is 3.75. The fraction of sp³-hybridized carbons (Fsp3) is 0.294. The molecule has 0 atom stereocenters. The summed E-state index contributed by atoms with van der Waals surface area (Å²) in [4.78, 5) is 0. The molecule has 2 rings (SSSR count). The Balaban J connectivity index is 1.83. The lowest BCUT2D eigenvalue weighted by atomic mass is 10.1. The standard InChI is InChI=1S/C17H21NO/c1-3-15-9-5-6-10-16(15)18-12-13-19-17-11-7-4-8-14(17)2/h4-11,18H,3,12-13H2,1-2H3. The van der Waals surface area contributed by atoms with Gasteiger partial charge in [0.15, 0.2) is 0 Å². The molecule has 2 nitrogen and oxygen atoms in total. The minimum atomic E-state index is 0.670. The van der Waals surface area contributed by atoms with E-state index in [0.717, 1.165) is 18.7 Å². The van der Waals surface area contributed by atoms with Gasteiger partial charge in [-0.1, -0.05) is 43.3 Å². The second-order valence-electron chi connectivity index (χ2n) is 4.55. The largest absolute Gasteiger partial charge is 0.491 e. The van der Waals surface area contributed by atoms with E-state index in [1.54, 1.807) is 0 Å². The third-order valence-corrected chi connectivity index (χ3v) is 3.17. The van der Waals surface area contributed by atoms with Crippen molar-refractivity contribution in [2.75, 3.05) is 18.5 Å². The van der Waals surface area contributed by atoms with Crippen molar-refractivity contribution in [3.05, 3.63) is 59.7 Å². The summed E-state index contributed by atoms with van der Waals surface area (Å²) in [5.74, 6) is 0.966. The zero-order valence-electron chi connectivity index (χ0n) is 11.6. The van der Waals surface area contributed by atoms with Crippen molar-refractivity contribution in [2.45, 2.75) is 20.3 Å². The van der Waals surface area contributed by atoms with E-state index >= 15 is 0 Å². The van der Waals surface area contributed by atoms with Crippen LogP contribution >= 0.6 is 0 Å². The van der Waals surface area contributed by atoms with Gasteiger partial charge in [-0.3, -0.25) is 0 Å². The van der Waals surface area contributed by atoms with E-state index in [-0.39, 0.29) is 0 Å². The maximum absolute atomic E-state index is 5.77. The predicted octanol–water partition coefficient (Wildman–Crippen LogP) is 4.05. The van der Waals surface area contributed by atoms with Crippen molar-refractivity contribution in [2.24, 2.45) is 0 Å². The molecule has 0 heterocycles. The number of benzene rings is 2. The summed E-state index contributed by atoms with van der Waals surface area (Å²) < 4.78 is 5.77. The molecule has 0 unspecified atom stereocenters. The van der Waals surface area contributed by atoms with Crippen molar-refractivity contribution >= 4 is 5.69 Å². The lowest BCUT2D eigenvalue weighted by Crippen LogP contribution is -2.12. The molecule has 0 bridgehead atoms. The second kappa shape index (κ2) is 6.83. The Morgan fingerprint density at radius 1 is 1.00 bits per heavy atom. The van der Waals surface area contributed by atoms with Crippen molar-refractivity contribution in [1.82, 2.24) is 0 Å². The fourth-order valence-corrected chi connectivity index (χ4v) is 2.07. The first-order valence-corrected chi connectivity index (χ1v) is 6.81. The Hall–Kier alpha value is -1.96. The highest BCUT2D eigenvalue weighted by molar-refractivity contribution is 5.51. The summed E-state index contributed by atoms with van der Waals surface area (Å²) in [5.41, 5.74) is 3.73. The van der Waals surface area contributed by atoms with Crippen LogP contribution < -0.4 is 10.1 Å². The Labute approximate surface area is 115 Å². The van der Waals surface area contributed by atoms with Crippen LogP contribution in [0.3, 0.4) is 0 Å². The van der Waals surface area contributed by atoms with Crippen LogP contribution in [-0.4, -0.2) is 13.2 Å². The number of para-hydroxylation sites is 2. The van der Waals surface area contributed by atoms with Gasteiger partial charge in [0.25, 0.3) is 0 Å². The molecule has 2 heteroatoms. The van der Waals surface area contributed by atoms with Crippen molar-refractivity contribution in [3.63, 3.8) is 0 Å². The van der Waals surface area contributed by atoms with Gasteiger partial charge in [-0.05, 0) is 36.6 Å². The van der Waals surface area contributed by atoms with E-state index in [1.807, 2.05) is 18.2 Å². The van der Waals surface area contributed by atoms with Gasteiger partial charge >= 0.3 is 0 Å². The summed E-state index contributed by atoms with van der Waals surface area (Å²) >= 11 is 0.